The second-order valence-electron chi connectivity index (χ2n) is 14.6. The molecule has 4 N–H and O–H groups in total. The predicted octanol–water partition coefficient (Wildman–Crippen LogP) is 4.09. The summed E-state index contributed by atoms with van der Waals surface area (Å²) >= 11 is 0. The zero-order valence-corrected chi connectivity index (χ0v) is 28.0. The molecule has 258 valence electrons. The molecule has 10 heteroatoms. The van der Waals surface area contributed by atoms with Crippen molar-refractivity contribution in [3.63, 3.8) is 0 Å². The Bertz CT molecular complexity index is 1500. The van der Waals surface area contributed by atoms with Crippen LogP contribution in [-0.4, -0.2) is 83.0 Å². The van der Waals surface area contributed by atoms with E-state index in [9.17, 15) is 24.0 Å². The van der Waals surface area contributed by atoms with E-state index in [1.54, 1.807) is 11.0 Å². The van der Waals surface area contributed by atoms with Crippen LogP contribution in [0.4, 0.5) is 0 Å². The van der Waals surface area contributed by atoms with Gasteiger partial charge in [-0.25, -0.2) is 0 Å². The normalized spacial score (nSPS) is 23.6. The zero-order chi connectivity index (χ0) is 33.6. The van der Waals surface area contributed by atoms with Crippen molar-refractivity contribution in [2.75, 3.05) is 19.6 Å². The summed E-state index contributed by atoms with van der Waals surface area (Å²) in [5.41, 5.74) is 5.89. The van der Waals surface area contributed by atoms with Gasteiger partial charge in [-0.15, -0.1) is 0 Å². The highest BCUT2D eigenvalue weighted by atomic mass is 16.2. The molecule has 0 radical (unpaired) electrons. The van der Waals surface area contributed by atoms with E-state index in [0.717, 1.165) is 88.1 Å². The fourth-order valence-electron chi connectivity index (χ4n) is 8.34. The molecule has 10 nitrogen and oxygen atoms in total. The third kappa shape index (κ3) is 8.08. The predicted molar refractivity (Wildman–Crippen MR) is 184 cm³/mol. The van der Waals surface area contributed by atoms with Gasteiger partial charge in [0.05, 0.1) is 6.04 Å². The average Bonchev–Trinajstić information content (AvgIpc) is 3.54. The van der Waals surface area contributed by atoms with Gasteiger partial charge < -0.3 is 21.3 Å². The summed E-state index contributed by atoms with van der Waals surface area (Å²) in [4.78, 5) is 71.3. The number of primary amides is 1. The molecule has 2 aliphatic carbocycles. The van der Waals surface area contributed by atoms with E-state index in [2.05, 4.69) is 15.5 Å². The Kier molecular flexibility index (Phi) is 11.1. The summed E-state index contributed by atoms with van der Waals surface area (Å²) in [5.74, 6) is -2.30. The van der Waals surface area contributed by atoms with E-state index in [4.69, 9.17) is 5.73 Å². The fourth-order valence-corrected chi connectivity index (χ4v) is 8.34. The van der Waals surface area contributed by atoms with Crippen LogP contribution >= 0.6 is 0 Å². The summed E-state index contributed by atoms with van der Waals surface area (Å²) in [6, 6.07) is 10.8. The number of hydrogen-bond donors (Lipinski definition) is 3. The number of nitrogens with zero attached hydrogens (tertiary/aromatic N) is 2. The molecule has 2 unspecified atom stereocenters. The molecule has 4 fully saturated rings. The molecular formula is C38H51N5O5. The Balaban J connectivity index is 1.25. The van der Waals surface area contributed by atoms with Gasteiger partial charge >= 0.3 is 0 Å². The Morgan fingerprint density at radius 2 is 1.40 bits per heavy atom. The molecule has 6 rings (SSSR count). The van der Waals surface area contributed by atoms with Gasteiger partial charge in [0, 0.05) is 18.2 Å². The topological polar surface area (TPSA) is 142 Å². The van der Waals surface area contributed by atoms with Crippen molar-refractivity contribution >= 4 is 40.2 Å². The van der Waals surface area contributed by atoms with Gasteiger partial charge in [0.2, 0.25) is 17.6 Å². The minimum atomic E-state index is -1.06. The molecule has 2 saturated carbocycles. The Hall–Kier alpha value is -3.79. The van der Waals surface area contributed by atoms with Gasteiger partial charge in [-0.05, 0) is 79.9 Å². The van der Waals surface area contributed by atoms with E-state index in [1.165, 1.54) is 6.42 Å². The second-order valence-corrected chi connectivity index (χ2v) is 14.6. The lowest BCUT2D eigenvalue weighted by Gasteiger charge is -2.33. The monoisotopic (exact) mass is 657 g/mol. The number of carbonyl (C=O) groups is 5. The molecule has 2 aromatic rings. The van der Waals surface area contributed by atoms with Gasteiger partial charge in [-0.3, -0.25) is 28.9 Å². The smallest absolute Gasteiger partial charge is 0.287 e. The van der Waals surface area contributed by atoms with E-state index in [0.29, 0.717) is 37.3 Å². The molecule has 48 heavy (non-hydrogen) atoms. The molecule has 2 aliphatic heterocycles. The highest BCUT2D eigenvalue weighted by molar-refractivity contribution is 6.37. The number of nitrogens with two attached hydrogens (primary N) is 1. The lowest BCUT2D eigenvalue weighted by atomic mass is 9.80. The highest BCUT2D eigenvalue weighted by Crippen LogP contribution is 2.33. The maximum absolute atomic E-state index is 14.7. The molecular weight excluding hydrogens is 606 g/mol. The van der Waals surface area contributed by atoms with Crippen LogP contribution in [0.1, 0.15) is 100 Å². The van der Waals surface area contributed by atoms with E-state index < -0.39 is 35.7 Å². The van der Waals surface area contributed by atoms with Crippen LogP contribution in [0.5, 0.6) is 0 Å². The molecule has 4 amide bonds. The summed E-state index contributed by atoms with van der Waals surface area (Å²) < 4.78 is 0. The maximum atomic E-state index is 14.7. The Labute approximate surface area is 283 Å². The molecule has 4 atom stereocenters. The number of fused-ring (bicyclic) bond motifs is 1. The van der Waals surface area contributed by atoms with E-state index in [1.807, 2.05) is 36.4 Å². The van der Waals surface area contributed by atoms with Gasteiger partial charge in [-0.2, -0.15) is 0 Å². The fraction of sp³-hybridized carbons (Fsp3) is 0.605. The average molecular weight is 658 g/mol. The first-order valence-electron chi connectivity index (χ1n) is 18.2. The minimum absolute atomic E-state index is 0.00607. The third-order valence-electron chi connectivity index (χ3n) is 11.4. The van der Waals surface area contributed by atoms with Crippen molar-refractivity contribution in [3.05, 3.63) is 48.0 Å². The van der Waals surface area contributed by atoms with Crippen molar-refractivity contribution in [2.45, 2.75) is 114 Å². The first-order chi connectivity index (χ1) is 23.3. The first-order valence-corrected chi connectivity index (χ1v) is 18.2. The van der Waals surface area contributed by atoms with Crippen molar-refractivity contribution in [1.29, 1.82) is 0 Å². The number of rotatable bonds is 12. The highest BCUT2D eigenvalue weighted by Gasteiger charge is 2.45. The quantitative estimate of drug-likeness (QED) is 0.294. The van der Waals surface area contributed by atoms with Crippen LogP contribution in [0.15, 0.2) is 42.5 Å². The molecule has 4 aliphatic rings. The number of hydrogen-bond acceptors (Lipinski definition) is 6. The van der Waals surface area contributed by atoms with Gasteiger partial charge in [0.15, 0.2) is 0 Å². The second kappa shape index (κ2) is 15.6. The van der Waals surface area contributed by atoms with Crippen molar-refractivity contribution in [1.82, 2.24) is 20.4 Å². The number of piperidine rings is 1. The van der Waals surface area contributed by atoms with E-state index in [-0.39, 0.29) is 23.8 Å². The molecule has 0 bridgehead atoms. The number of likely N-dealkylation sites (tertiary alicyclic amines) is 2. The van der Waals surface area contributed by atoms with Gasteiger partial charge in [0.25, 0.3) is 11.8 Å². The number of nitrogens with one attached hydrogen (secondary N) is 2. The SMILES string of the molecule is NC(=O)C(=O)C(CC1CCC1)NC(=O)[C@@H]1C[C@@H](N2CCCCC2)CN1C(=O)C(CC1CCCCC1)NC(=O)c1ccc2ccccc2c1. The number of Topliss-reactive ketones (excluding diaryl/α,β-unsaturated/α-hetero) is 1. The molecule has 2 heterocycles. The van der Waals surface area contributed by atoms with Crippen LogP contribution in [-0.2, 0) is 19.2 Å². The van der Waals surface area contributed by atoms with Crippen molar-refractivity contribution in [3.8, 4) is 0 Å². The summed E-state index contributed by atoms with van der Waals surface area (Å²) in [5, 5.41) is 7.94. The third-order valence-corrected chi connectivity index (χ3v) is 11.4. The number of amides is 4. The summed E-state index contributed by atoms with van der Waals surface area (Å²) in [6.45, 7) is 2.20. The lowest BCUT2D eigenvalue weighted by Crippen LogP contribution is -2.56. The lowest BCUT2D eigenvalue weighted by molar-refractivity contribution is -0.142. The van der Waals surface area contributed by atoms with Crippen molar-refractivity contribution in [2.24, 2.45) is 17.6 Å². The molecule has 0 spiro atoms. The maximum Gasteiger partial charge on any atom is 0.287 e. The summed E-state index contributed by atoms with van der Waals surface area (Å²) in [7, 11) is 0. The molecule has 0 aromatic heterocycles. The molecule has 2 aromatic carbocycles. The number of ketones is 1. The largest absolute Gasteiger partial charge is 0.363 e. The van der Waals surface area contributed by atoms with E-state index >= 15 is 0 Å². The van der Waals surface area contributed by atoms with Gasteiger partial charge in [-0.1, -0.05) is 88.1 Å². The standard InChI is InChI=1S/C38H51N5O5/c39-35(45)34(44)31(20-26-12-9-13-26)40-37(47)33-23-30(42-18-7-2-8-19-42)24-43(33)38(48)32(21-25-10-3-1-4-11-25)41-36(46)29-17-16-27-14-5-6-15-28(27)22-29/h5-6,14-17,22,25-26,30-33H,1-4,7-13,18-21,23-24H2,(H2,39,45)(H,40,47)(H,41,46)/t30-,31?,32?,33+/m1/s1. The molecule has 2 saturated heterocycles. The Morgan fingerprint density at radius 3 is 2.06 bits per heavy atom. The minimum Gasteiger partial charge on any atom is -0.363 e. The van der Waals surface area contributed by atoms with Crippen LogP contribution in [0.2, 0.25) is 0 Å². The number of benzene rings is 2. The summed E-state index contributed by atoms with van der Waals surface area (Å²) in [6.07, 6.45) is 13.0. The zero-order valence-electron chi connectivity index (χ0n) is 28.0. The van der Waals surface area contributed by atoms with Crippen LogP contribution in [0.25, 0.3) is 10.8 Å². The van der Waals surface area contributed by atoms with Crippen LogP contribution in [0, 0.1) is 11.8 Å². The van der Waals surface area contributed by atoms with Crippen LogP contribution < -0.4 is 16.4 Å². The number of carbonyl (C=O) groups excluding carboxylic acids is 5. The Morgan fingerprint density at radius 1 is 0.750 bits per heavy atom. The first kappa shape index (κ1) is 34.1. The van der Waals surface area contributed by atoms with Crippen LogP contribution in [0.3, 0.4) is 0 Å². The van der Waals surface area contributed by atoms with Gasteiger partial charge in [0.1, 0.15) is 12.1 Å². The van der Waals surface area contributed by atoms with Crippen molar-refractivity contribution < 1.29 is 24.0 Å².